The molecule has 0 radical (unpaired) electrons. The summed E-state index contributed by atoms with van der Waals surface area (Å²) in [5.41, 5.74) is 10.1. The summed E-state index contributed by atoms with van der Waals surface area (Å²) in [4.78, 5) is 5.36. The smallest absolute Gasteiger partial charge is 0.151 e. The number of benzene rings is 2. The number of rotatable bonds is 6. The topological polar surface area (TPSA) is 101 Å². The minimum absolute atomic E-state index is 0.0498. The molecular formula is C22H25ClN5O2S-. The third kappa shape index (κ3) is 5.46. The molecule has 4 N–H and O–H groups in total. The molecule has 1 saturated heterocycles. The maximum atomic E-state index is 12.2. The zero-order chi connectivity index (χ0) is 21.8. The number of nitrogens with two attached hydrogens (primary N) is 1. The Morgan fingerprint density at radius 3 is 2.68 bits per heavy atom. The Kier molecular flexibility index (Phi) is 6.92. The van der Waals surface area contributed by atoms with E-state index < -0.39 is 16.9 Å². The molecule has 2 heterocycles. The van der Waals surface area contributed by atoms with E-state index in [0.29, 0.717) is 29.7 Å². The first-order chi connectivity index (χ1) is 15.0. The van der Waals surface area contributed by atoms with Crippen molar-refractivity contribution in [2.45, 2.75) is 30.6 Å². The minimum Gasteiger partial charge on any atom is -0.440 e. The lowest BCUT2D eigenvalue weighted by Gasteiger charge is -2.26. The van der Waals surface area contributed by atoms with Gasteiger partial charge in [0.2, 0.25) is 0 Å². The highest BCUT2D eigenvalue weighted by atomic mass is 35.5. The molecule has 164 valence electrons. The monoisotopic (exact) mass is 458 g/mol. The number of halogens is 1. The minimum atomic E-state index is -1.34. The van der Waals surface area contributed by atoms with E-state index in [1.54, 1.807) is 0 Å². The van der Waals surface area contributed by atoms with Gasteiger partial charge in [0.1, 0.15) is 5.84 Å². The zero-order valence-electron chi connectivity index (χ0n) is 17.2. The van der Waals surface area contributed by atoms with Crippen molar-refractivity contribution in [1.82, 2.24) is 10.6 Å². The number of hydrogen-bond donors (Lipinski definition) is 3. The van der Waals surface area contributed by atoms with Gasteiger partial charge in [0, 0.05) is 28.9 Å². The van der Waals surface area contributed by atoms with Gasteiger partial charge in [0.15, 0.2) is 6.29 Å². The van der Waals surface area contributed by atoms with Gasteiger partial charge in [0.25, 0.3) is 0 Å². The van der Waals surface area contributed by atoms with E-state index in [1.165, 1.54) is 0 Å². The second-order valence-corrected chi connectivity index (χ2v) is 9.03. The lowest BCUT2D eigenvalue weighted by Crippen LogP contribution is -2.53. The van der Waals surface area contributed by atoms with Gasteiger partial charge in [-0.15, -0.1) is 0 Å². The molecule has 2 aliphatic heterocycles. The van der Waals surface area contributed by atoms with Crippen molar-refractivity contribution >= 4 is 33.7 Å². The van der Waals surface area contributed by atoms with E-state index in [0.717, 1.165) is 34.6 Å². The first-order valence-electron chi connectivity index (χ1n) is 10.1. The lowest BCUT2D eigenvalue weighted by molar-refractivity contribution is 0.0141. The number of nitrogens with one attached hydrogen (secondary N) is 2. The highest BCUT2D eigenvalue weighted by molar-refractivity contribution is 7.74. The summed E-state index contributed by atoms with van der Waals surface area (Å²) in [5, 5.41) is 7.07. The van der Waals surface area contributed by atoms with Gasteiger partial charge < -0.3 is 23.9 Å². The summed E-state index contributed by atoms with van der Waals surface area (Å²) in [6.07, 6.45) is 2.27. The van der Waals surface area contributed by atoms with Crippen molar-refractivity contribution in [3.8, 4) is 0 Å². The van der Waals surface area contributed by atoms with Crippen LogP contribution in [0, 0.1) is 6.92 Å². The van der Waals surface area contributed by atoms with Crippen LogP contribution in [0.25, 0.3) is 5.70 Å². The number of hydrogen-bond acceptors (Lipinski definition) is 7. The molecule has 0 amide bonds. The lowest BCUT2D eigenvalue weighted by atomic mass is 10.0. The summed E-state index contributed by atoms with van der Waals surface area (Å²) in [5.74, 6) is 0.722. The Morgan fingerprint density at radius 2 is 1.97 bits per heavy atom. The molecule has 31 heavy (non-hydrogen) atoms. The first kappa shape index (κ1) is 21.8. The number of amidine groups is 1. The largest absolute Gasteiger partial charge is 0.440 e. The third-order valence-corrected chi connectivity index (χ3v) is 6.70. The van der Waals surface area contributed by atoms with Crippen LogP contribution in [0.3, 0.4) is 0 Å². The number of aliphatic imine (C=N–C) groups is 1. The Morgan fingerprint density at radius 1 is 1.19 bits per heavy atom. The predicted molar refractivity (Wildman–Crippen MR) is 124 cm³/mol. The van der Waals surface area contributed by atoms with Gasteiger partial charge in [-0.3, -0.25) is 10.7 Å². The Bertz CT molecular complexity index is 1090. The average Bonchev–Trinajstić information content (AvgIpc) is 2.72. The molecule has 7 nitrogen and oxygen atoms in total. The van der Waals surface area contributed by atoms with Crippen LogP contribution in [0.1, 0.15) is 16.7 Å². The molecule has 9 heteroatoms. The molecule has 2 aromatic carbocycles. The number of ether oxygens (including phenoxy) is 1. The predicted octanol–water partition coefficient (Wildman–Crippen LogP) is 2.97. The molecule has 0 aromatic heterocycles. The molecule has 0 spiro atoms. The summed E-state index contributed by atoms with van der Waals surface area (Å²) in [7, 11) is -1.34. The van der Waals surface area contributed by atoms with Crippen molar-refractivity contribution in [2.75, 3.05) is 19.8 Å². The second-order valence-electron chi connectivity index (χ2n) is 7.44. The van der Waals surface area contributed by atoms with Gasteiger partial charge in [-0.2, -0.15) is 10.6 Å². The normalized spacial score (nSPS) is 21.2. The van der Waals surface area contributed by atoms with Crippen LogP contribution < -0.4 is 16.4 Å². The maximum absolute atomic E-state index is 12.2. The Hall–Kier alpha value is -2.39. The molecule has 4 rings (SSSR count). The summed E-state index contributed by atoms with van der Waals surface area (Å²) >= 11 is 6.26. The number of nitrogens with zero attached hydrogens (tertiary/aromatic N) is 2. The van der Waals surface area contributed by atoms with E-state index >= 15 is 0 Å². The molecule has 0 saturated carbocycles. The quantitative estimate of drug-likeness (QED) is 0.578. The van der Waals surface area contributed by atoms with Crippen molar-refractivity contribution in [3.63, 3.8) is 0 Å². The van der Waals surface area contributed by atoms with Gasteiger partial charge >= 0.3 is 0 Å². The van der Waals surface area contributed by atoms with Gasteiger partial charge in [0.05, 0.1) is 19.3 Å². The fourth-order valence-electron chi connectivity index (χ4n) is 3.29. The van der Waals surface area contributed by atoms with Crippen LogP contribution in [0.15, 0.2) is 62.8 Å². The second kappa shape index (κ2) is 9.82. The SMILES string of the molecule is Cc1c(Cl)cccc1C1=CC(=NCCc2ccc([S-](=O)=NC3COC3)cc2)NC(N)N1. The van der Waals surface area contributed by atoms with Crippen LogP contribution in [0.4, 0.5) is 0 Å². The van der Waals surface area contributed by atoms with Crippen LogP contribution >= 0.6 is 11.6 Å². The summed E-state index contributed by atoms with van der Waals surface area (Å²) in [6.45, 7) is 3.70. The standard InChI is InChI=1S/C22H25ClN5O2S/c1-14-18(3-2-4-19(14)23)20-11-21(27-22(24)26-20)25-10-9-15-5-7-17(8-6-15)31(29)28-16-12-30-13-16/h2-8,11,16,22,26H,9-10,12-13,24H2,1H3,(H,25,27)/q-1. The Labute approximate surface area is 188 Å². The molecule has 2 aliphatic rings. The van der Waals surface area contributed by atoms with Crippen LogP contribution in [-0.4, -0.2) is 37.9 Å². The van der Waals surface area contributed by atoms with Crippen molar-refractivity contribution in [3.05, 3.63) is 70.3 Å². The van der Waals surface area contributed by atoms with Crippen LogP contribution in [0.2, 0.25) is 5.02 Å². The fourth-order valence-corrected chi connectivity index (χ4v) is 4.35. The third-order valence-electron chi connectivity index (χ3n) is 5.13. The van der Waals surface area contributed by atoms with E-state index in [4.69, 9.17) is 22.1 Å². The molecule has 1 unspecified atom stereocenters. The molecular weight excluding hydrogens is 434 g/mol. The summed E-state index contributed by atoms with van der Waals surface area (Å²) in [6, 6.07) is 13.5. The fraction of sp³-hybridized carbons (Fsp3) is 0.318. The van der Waals surface area contributed by atoms with Crippen molar-refractivity contribution < 1.29 is 8.95 Å². The van der Waals surface area contributed by atoms with Crippen molar-refractivity contribution in [2.24, 2.45) is 15.1 Å². The van der Waals surface area contributed by atoms with Crippen LogP contribution in [-0.2, 0) is 26.0 Å². The van der Waals surface area contributed by atoms with E-state index in [1.807, 2.05) is 55.5 Å². The molecule has 0 aliphatic carbocycles. The highest BCUT2D eigenvalue weighted by Crippen LogP contribution is 2.24. The maximum Gasteiger partial charge on any atom is 0.151 e. The van der Waals surface area contributed by atoms with Gasteiger partial charge in [-0.05, 0) is 30.5 Å². The van der Waals surface area contributed by atoms with Gasteiger partial charge in [-0.25, -0.2) is 0 Å². The van der Waals surface area contributed by atoms with E-state index in [9.17, 15) is 4.21 Å². The first-order valence-corrected chi connectivity index (χ1v) is 11.6. The van der Waals surface area contributed by atoms with Crippen LogP contribution in [0.5, 0.6) is 0 Å². The average molecular weight is 459 g/mol. The zero-order valence-corrected chi connectivity index (χ0v) is 18.7. The van der Waals surface area contributed by atoms with E-state index in [-0.39, 0.29) is 6.04 Å². The molecule has 1 atom stereocenters. The summed E-state index contributed by atoms with van der Waals surface area (Å²) < 4.78 is 21.5. The Balaban J connectivity index is 1.41. The molecule has 1 fully saturated rings. The van der Waals surface area contributed by atoms with Gasteiger partial charge in [-0.1, -0.05) is 52.9 Å². The highest BCUT2D eigenvalue weighted by Gasteiger charge is 2.17. The van der Waals surface area contributed by atoms with Crippen molar-refractivity contribution in [1.29, 1.82) is 0 Å². The van der Waals surface area contributed by atoms with E-state index in [2.05, 4.69) is 20.0 Å². The molecule has 0 bridgehead atoms. The molecule has 2 aromatic rings.